The number of nitrogens with zero attached hydrogens (tertiary/aromatic N) is 2. The van der Waals surface area contributed by atoms with Gasteiger partial charge in [-0.05, 0) is 29.8 Å². The topological polar surface area (TPSA) is 64.3 Å². The van der Waals surface area contributed by atoms with Gasteiger partial charge in [-0.3, -0.25) is 4.79 Å². The minimum absolute atomic E-state index is 0.0946. The SMILES string of the molecule is COCC(=O)N(Cc1ccccc1F)C[C@@H]1CC(c2ccc(Cl)o2)=NO1. The molecule has 1 aromatic heterocycles. The molecule has 0 bridgehead atoms. The maximum atomic E-state index is 14.0. The van der Waals surface area contributed by atoms with E-state index in [0.717, 1.165) is 0 Å². The van der Waals surface area contributed by atoms with E-state index in [1.807, 2.05) is 0 Å². The molecule has 0 N–H and O–H groups in total. The first kappa shape index (κ1) is 18.4. The van der Waals surface area contributed by atoms with E-state index >= 15 is 0 Å². The number of hydrogen-bond acceptors (Lipinski definition) is 5. The summed E-state index contributed by atoms with van der Waals surface area (Å²) in [5.41, 5.74) is 1.04. The standard InChI is InChI=1S/C18H18ClFN2O4/c1-24-11-18(23)22(9-12-4-2-3-5-14(12)20)10-13-8-15(21-26-13)16-6-7-17(19)25-16/h2-7,13H,8-11H2,1H3/t13-/m0/s1. The average molecular weight is 381 g/mol. The van der Waals surface area contributed by atoms with Crippen molar-refractivity contribution in [1.82, 2.24) is 4.90 Å². The van der Waals surface area contributed by atoms with Crippen LogP contribution in [0.25, 0.3) is 0 Å². The molecular formula is C18H18ClFN2O4. The summed E-state index contributed by atoms with van der Waals surface area (Å²) in [5, 5.41) is 4.27. The van der Waals surface area contributed by atoms with Crippen molar-refractivity contribution < 1.29 is 23.2 Å². The van der Waals surface area contributed by atoms with Gasteiger partial charge in [-0.2, -0.15) is 0 Å². The Labute approximate surface area is 155 Å². The number of halogens is 2. The molecule has 0 radical (unpaired) electrons. The van der Waals surface area contributed by atoms with Gasteiger partial charge in [-0.1, -0.05) is 23.4 Å². The Morgan fingerprint density at radius 1 is 1.38 bits per heavy atom. The number of benzene rings is 1. The molecule has 1 amide bonds. The van der Waals surface area contributed by atoms with Crippen LogP contribution in [0.4, 0.5) is 4.39 Å². The van der Waals surface area contributed by atoms with Crippen molar-refractivity contribution in [3.63, 3.8) is 0 Å². The average Bonchev–Trinajstić information content (AvgIpc) is 3.25. The fourth-order valence-electron chi connectivity index (χ4n) is 2.69. The molecule has 0 saturated heterocycles. The van der Waals surface area contributed by atoms with Crippen molar-refractivity contribution in [3.8, 4) is 0 Å². The van der Waals surface area contributed by atoms with Gasteiger partial charge in [0.1, 0.15) is 18.1 Å². The molecule has 0 fully saturated rings. The predicted octanol–water partition coefficient (Wildman–Crippen LogP) is 3.24. The van der Waals surface area contributed by atoms with Gasteiger partial charge in [-0.25, -0.2) is 4.39 Å². The lowest BCUT2D eigenvalue weighted by atomic mass is 10.1. The highest BCUT2D eigenvalue weighted by molar-refractivity contribution is 6.29. The molecule has 3 rings (SSSR count). The van der Waals surface area contributed by atoms with Gasteiger partial charge in [-0.15, -0.1) is 0 Å². The second kappa shape index (κ2) is 8.33. The molecule has 0 aliphatic carbocycles. The number of methoxy groups -OCH3 is 1. The van der Waals surface area contributed by atoms with E-state index in [-0.39, 0.29) is 42.7 Å². The second-order valence-corrected chi connectivity index (χ2v) is 6.24. The van der Waals surface area contributed by atoms with Crippen molar-refractivity contribution in [2.75, 3.05) is 20.3 Å². The molecule has 0 spiro atoms. The van der Waals surface area contributed by atoms with Crippen LogP contribution in [0.2, 0.25) is 5.22 Å². The zero-order valence-corrected chi connectivity index (χ0v) is 14.9. The molecule has 138 valence electrons. The number of carbonyl (C=O) groups is 1. The van der Waals surface area contributed by atoms with Crippen LogP contribution in [-0.2, 0) is 20.9 Å². The third-order valence-corrected chi connectivity index (χ3v) is 4.16. The maximum Gasteiger partial charge on any atom is 0.248 e. The van der Waals surface area contributed by atoms with Gasteiger partial charge < -0.3 is 18.9 Å². The van der Waals surface area contributed by atoms with Crippen LogP contribution in [0.5, 0.6) is 0 Å². The zero-order valence-electron chi connectivity index (χ0n) is 14.2. The molecule has 6 nitrogen and oxygen atoms in total. The van der Waals surface area contributed by atoms with E-state index in [1.165, 1.54) is 18.1 Å². The highest BCUT2D eigenvalue weighted by Crippen LogP contribution is 2.22. The largest absolute Gasteiger partial charge is 0.443 e. The summed E-state index contributed by atoms with van der Waals surface area (Å²) in [5.74, 6) is -0.0903. The van der Waals surface area contributed by atoms with E-state index < -0.39 is 0 Å². The highest BCUT2D eigenvalue weighted by Gasteiger charge is 2.28. The summed E-state index contributed by atoms with van der Waals surface area (Å²) in [6, 6.07) is 9.67. The van der Waals surface area contributed by atoms with Crippen LogP contribution in [-0.4, -0.2) is 42.9 Å². The smallest absolute Gasteiger partial charge is 0.248 e. The Balaban J connectivity index is 1.67. The van der Waals surface area contributed by atoms with Gasteiger partial charge >= 0.3 is 0 Å². The van der Waals surface area contributed by atoms with Crippen LogP contribution in [0.3, 0.4) is 0 Å². The van der Waals surface area contributed by atoms with Gasteiger partial charge in [0, 0.05) is 25.6 Å². The number of oxime groups is 1. The Morgan fingerprint density at radius 3 is 2.88 bits per heavy atom. The molecule has 2 aromatic rings. The van der Waals surface area contributed by atoms with Gasteiger partial charge in [0.15, 0.2) is 17.1 Å². The number of amides is 1. The van der Waals surface area contributed by atoms with Gasteiger partial charge in [0.25, 0.3) is 0 Å². The van der Waals surface area contributed by atoms with Gasteiger partial charge in [0.2, 0.25) is 5.91 Å². The minimum atomic E-state index is -0.364. The summed E-state index contributed by atoms with van der Waals surface area (Å²) in [6.45, 7) is 0.275. The summed E-state index contributed by atoms with van der Waals surface area (Å²) in [7, 11) is 1.44. The third kappa shape index (κ3) is 4.42. The number of hydrogen-bond donors (Lipinski definition) is 0. The Bertz CT molecular complexity index is 808. The molecule has 0 saturated carbocycles. The van der Waals surface area contributed by atoms with Crippen molar-refractivity contribution in [1.29, 1.82) is 0 Å². The highest BCUT2D eigenvalue weighted by atomic mass is 35.5. The molecule has 1 aliphatic rings. The molecule has 1 aromatic carbocycles. The van der Waals surface area contributed by atoms with E-state index in [4.69, 9.17) is 25.6 Å². The second-order valence-electron chi connectivity index (χ2n) is 5.87. The van der Waals surface area contributed by atoms with Crippen molar-refractivity contribution >= 4 is 23.2 Å². The van der Waals surface area contributed by atoms with Crippen LogP contribution < -0.4 is 0 Å². The molecule has 2 heterocycles. The Morgan fingerprint density at radius 2 is 2.19 bits per heavy atom. The first-order chi connectivity index (χ1) is 12.6. The molecule has 26 heavy (non-hydrogen) atoms. The number of furan rings is 1. The van der Waals surface area contributed by atoms with E-state index in [0.29, 0.717) is 23.5 Å². The van der Waals surface area contributed by atoms with Gasteiger partial charge in [0.05, 0.1) is 6.54 Å². The summed E-state index contributed by atoms with van der Waals surface area (Å²) < 4.78 is 24.2. The zero-order chi connectivity index (χ0) is 18.5. The molecule has 0 unspecified atom stereocenters. The first-order valence-corrected chi connectivity index (χ1v) is 8.43. The third-order valence-electron chi connectivity index (χ3n) is 3.95. The first-order valence-electron chi connectivity index (χ1n) is 8.05. The summed E-state index contributed by atoms with van der Waals surface area (Å²) >= 11 is 5.78. The Kier molecular flexibility index (Phi) is 5.90. The normalized spacial score (nSPS) is 16.3. The summed E-state index contributed by atoms with van der Waals surface area (Å²) in [6.07, 6.45) is 0.0965. The van der Waals surface area contributed by atoms with Crippen LogP contribution >= 0.6 is 11.6 Å². The lowest BCUT2D eigenvalue weighted by Crippen LogP contribution is -2.39. The van der Waals surface area contributed by atoms with Crippen molar-refractivity contribution in [2.24, 2.45) is 5.16 Å². The maximum absolute atomic E-state index is 14.0. The molecule has 1 atom stereocenters. The Hall–Kier alpha value is -2.38. The predicted molar refractivity (Wildman–Crippen MR) is 93.4 cm³/mol. The lowest BCUT2D eigenvalue weighted by molar-refractivity contribution is -0.137. The number of carbonyl (C=O) groups excluding carboxylic acids is 1. The van der Waals surface area contributed by atoms with E-state index in [2.05, 4.69) is 5.16 Å². The molecule has 1 aliphatic heterocycles. The number of ether oxygens (including phenoxy) is 1. The minimum Gasteiger partial charge on any atom is -0.443 e. The summed E-state index contributed by atoms with van der Waals surface area (Å²) in [4.78, 5) is 19.3. The van der Waals surface area contributed by atoms with E-state index in [9.17, 15) is 9.18 Å². The quantitative estimate of drug-likeness (QED) is 0.739. The fourth-order valence-corrected chi connectivity index (χ4v) is 2.83. The van der Waals surface area contributed by atoms with Crippen LogP contribution in [0, 0.1) is 5.82 Å². The molecule has 8 heteroatoms. The van der Waals surface area contributed by atoms with Crippen LogP contribution in [0.15, 0.2) is 46.0 Å². The lowest BCUT2D eigenvalue weighted by Gasteiger charge is -2.25. The van der Waals surface area contributed by atoms with E-state index in [1.54, 1.807) is 30.3 Å². The fraction of sp³-hybridized carbons (Fsp3) is 0.333. The number of rotatable bonds is 7. The molecular weight excluding hydrogens is 363 g/mol. The van der Waals surface area contributed by atoms with Crippen LogP contribution in [0.1, 0.15) is 17.7 Å². The van der Waals surface area contributed by atoms with Crippen molar-refractivity contribution in [3.05, 3.63) is 58.8 Å². The monoisotopic (exact) mass is 380 g/mol. The van der Waals surface area contributed by atoms with Crippen molar-refractivity contribution in [2.45, 2.75) is 19.1 Å².